The molecular weight excluding hydrogens is 474 g/mol. The standard InChI is InChI=1S/C28H31N3O4S/c1-20(2)16-18-34-24-14-10-23(11-15-24)27(33)30-31-28(36)29-26(32)22-8-12-25(13-9-22)35-19-17-21-6-4-3-5-7-21/h3-15,20H,16-19H2,1-2H3,(H,30,33)(H2,29,31,32,36). The van der Waals surface area contributed by atoms with E-state index in [0.717, 1.165) is 12.8 Å². The fourth-order valence-electron chi connectivity index (χ4n) is 3.14. The Balaban J connectivity index is 1.38. The number of carbonyl (C=O) groups is 2. The number of ether oxygens (including phenoxy) is 2. The molecule has 0 saturated heterocycles. The molecule has 0 saturated carbocycles. The molecule has 188 valence electrons. The lowest BCUT2D eigenvalue weighted by Gasteiger charge is -2.12. The second-order valence-electron chi connectivity index (χ2n) is 8.53. The van der Waals surface area contributed by atoms with Crippen LogP contribution >= 0.6 is 12.2 Å². The van der Waals surface area contributed by atoms with Crippen molar-refractivity contribution in [2.24, 2.45) is 5.92 Å². The Morgan fingerprint density at radius 2 is 1.31 bits per heavy atom. The maximum Gasteiger partial charge on any atom is 0.269 e. The van der Waals surface area contributed by atoms with Gasteiger partial charge in [-0.05, 0) is 78.7 Å². The summed E-state index contributed by atoms with van der Waals surface area (Å²) in [6.45, 7) is 5.44. The van der Waals surface area contributed by atoms with E-state index in [1.165, 1.54) is 5.56 Å². The van der Waals surface area contributed by atoms with Gasteiger partial charge in [0.1, 0.15) is 11.5 Å². The number of carbonyl (C=O) groups excluding carboxylic acids is 2. The van der Waals surface area contributed by atoms with E-state index in [0.29, 0.717) is 41.8 Å². The van der Waals surface area contributed by atoms with Crippen molar-refractivity contribution in [3.8, 4) is 11.5 Å². The van der Waals surface area contributed by atoms with Crippen molar-refractivity contribution in [1.82, 2.24) is 16.2 Å². The fraction of sp³-hybridized carbons (Fsp3) is 0.250. The highest BCUT2D eigenvalue weighted by molar-refractivity contribution is 7.80. The first kappa shape index (κ1) is 26.7. The molecule has 3 rings (SSSR count). The molecule has 3 N–H and O–H groups in total. The lowest BCUT2D eigenvalue weighted by molar-refractivity contribution is 0.0934. The van der Waals surface area contributed by atoms with Crippen LogP contribution in [-0.4, -0.2) is 30.1 Å². The molecule has 0 aliphatic heterocycles. The fourth-order valence-corrected chi connectivity index (χ4v) is 3.28. The summed E-state index contributed by atoms with van der Waals surface area (Å²) < 4.78 is 11.4. The van der Waals surface area contributed by atoms with Gasteiger partial charge in [-0.2, -0.15) is 0 Å². The minimum absolute atomic E-state index is 0.0230. The Hall–Kier alpha value is -3.91. The molecule has 3 aromatic rings. The van der Waals surface area contributed by atoms with E-state index < -0.39 is 11.8 Å². The van der Waals surface area contributed by atoms with Crippen LogP contribution in [0.5, 0.6) is 11.5 Å². The highest BCUT2D eigenvalue weighted by Gasteiger charge is 2.10. The third-order valence-electron chi connectivity index (χ3n) is 5.22. The number of nitrogens with one attached hydrogen (secondary N) is 3. The summed E-state index contributed by atoms with van der Waals surface area (Å²) in [6.07, 6.45) is 1.76. The second kappa shape index (κ2) is 13.8. The van der Waals surface area contributed by atoms with Crippen molar-refractivity contribution in [1.29, 1.82) is 0 Å². The number of rotatable bonds is 10. The second-order valence-corrected chi connectivity index (χ2v) is 8.93. The van der Waals surface area contributed by atoms with E-state index in [1.54, 1.807) is 48.5 Å². The summed E-state index contributed by atoms with van der Waals surface area (Å²) in [7, 11) is 0. The molecule has 0 aliphatic carbocycles. The van der Waals surface area contributed by atoms with Gasteiger partial charge < -0.3 is 9.47 Å². The van der Waals surface area contributed by atoms with Crippen LogP contribution in [0.2, 0.25) is 0 Å². The quantitative estimate of drug-likeness (QED) is 0.274. The van der Waals surface area contributed by atoms with Gasteiger partial charge in [0.15, 0.2) is 5.11 Å². The summed E-state index contributed by atoms with van der Waals surface area (Å²) >= 11 is 5.12. The average Bonchev–Trinajstić information content (AvgIpc) is 2.88. The number of thiocarbonyl (C=S) groups is 1. The number of benzene rings is 3. The lowest BCUT2D eigenvalue weighted by Crippen LogP contribution is -2.48. The molecule has 8 heteroatoms. The summed E-state index contributed by atoms with van der Waals surface area (Å²) in [5.41, 5.74) is 7.05. The molecule has 0 bridgehead atoms. The normalized spacial score (nSPS) is 10.4. The van der Waals surface area contributed by atoms with Crippen LogP contribution in [0.15, 0.2) is 78.9 Å². The lowest BCUT2D eigenvalue weighted by atomic mass is 10.1. The molecule has 0 atom stereocenters. The van der Waals surface area contributed by atoms with Crippen LogP contribution in [0.25, 0.3) is 0 Å². The van der Waals surface area contributed by atoms with Crippen molar-refractivity contribution in [2.45, 2.75) is 26.7 Å². The van der Waals surface area contributed by atoms with Gasteiger partial charge in [0.05, 0.1) is 13.2 Å². The van der Waals surface area contributed by atoms with E-state index in [1.807, 2.05) is 18.2 Å². The number of hydrogen-bond acceptors (Lipinski definition) is 5. The van der Waals surface area contributed by atoms with Gasteiger partial charge in [0.25, 0.3) is 11.8 Å². The zero-order valence-corrected chi connectivity index (χ0v) is 21.3. The predicted octanol–water partition coefficient (Wildman–Crippen LogP) is 4.68. The first-order valence-electron chi connectivity index (χ1n) is 11.8. The van der Waals surface area contributed by atoms with E-state index in [2.05, 4.69) is 42.1 Å². The molecule has 0 spiro atoms. The number of hydrazine groups is 1. The van der Waals surface area contributed by atoms with Crippen molar-refractivity contribution in [3.05, 3.63) is 95.6 Å². The van der Waals surface area contributed by atoms with Crippen LogP contribution < -0.4 is 25.6 Å². The van der Waals surface area contributed by atoms with Gasteiger partial charge in [-0.15, -0.1) is 0 Å². The van der Waals surface area contributed by atoms with E-state index in [9.17, 15) is 9.59 Å². The molecule has 0 aliphatic rings. The van der Waals surface area contributed by atoms with Crippen LogP contribution in [-0.2, 0) is 6.42 Å². The van der Waals surface area contributed by atoms with Crippen molar-refractivity contribution >= 4 is 29.1 Å². The summed E-state index contributed by atoms with van der Waals surface area (Å²) in [6, 6.07) is 23.6. The SMILES string of the molecule is CC(C)CCOc1ccc(C(=O)NNC(=S)NC(=O)c2ccc(OCCc3ccccc3)cc2)cc1. The van der Waals surface area contributed by atoms with Gasteiger partial charge in [0.2, 0.25) is 0 Å². The molecule has 0 aromatic heterocycles. The summed E-state index contributed by atoms with van der Waals surface area (Å²) in [5, 5.41) is 2.51. The molecular formula is C28H31N3O4S. The molecule has 0 unspecified atom stereocenters. The maximum atomic E-state index is 12.4. The number of hydrogen-bond donors (Lipinski definition) is 3. The summed E-state index contributed by atoms with van der Waals surface area (Å²) in [4.78, 5) is 24.8. The van der Waals surface area contributed by atoms with Gasteiger partial charge in [-0.1, -0.05) is 44.2 Å². The molecule has 2 amide bonds. The number of amides is 2. The van der Waals surface area contributed by atoms with Crippen molar-refractivity contribution in [2.75, 3.05) is 13.2 Å². The van der Waals surface area contributed by atoms with Crippen LogP contribution in [0.3, 0.4) is 0 Å². The Morgan fingerprint density at radius 3 is 1.89 bits per heavy atom. The van der Waals surface area contributed by atoms with E-state index in [-0.39, 0.29) is 5.11 Å². The topological polar surface area (TPSA) is 88.7 Å². The first-order chi connectivity index (χ1) is 17.4. The summed E-state index contributed by atoms with van der Waals surface area (Å²) in [5.74, 6) is 1.15. The first-order valence-corrected chi connectivity index (χ1v) is 12.2. The van der Waals surface area contributed by atoms with Gasteiger partial charge >= 0.3 is 0 Å². The molecule has 3 aromatic carbocycles. The van der Waals surface area contributed by atoms with E-state index in [4.69, 9.17) is 21.7 Å². The van der Waals surface area contributed by atoms with Crippen LogP contribution in [0.1, 0.15) is 46.5 Å². The molecule has 0 fully saturated rings. The molecule has 0 radical (unpaired) electrons. The molecule has 0 heterocycles. The van der Waals surface area contributed by atoms with E-state index >= 15 is 0 Å². The van der Waals surface area contributed by atoms with Crippen molar-refractivity contribution < 1.29 is 19.1 Å². The highest BCUT2D eigenvalue weighted by Crippen LogP contribution is 2.14. The third-order valence-corrected chi connectivity index (χ3v) is 5.42. The smallest absolute Gasteiger partial charge is 0.269 e. The zero-order chi connectivity index (χ0) is 25.8. The van der Waals surface area contributed by atoms with Gasteiger partial charge in [-0.3, -0.25) is 25.8 Å². The monoisotopic (exact) mass is 505 g/mol. The Kier molecular flexibility index (Phi) is 10.3. The minimum Gasteiger partial charge on any atom is -0.494 e. The molecule has 36 heavy (non-hydrogen) atoms. The van der Waals surface area contributed by atoms with Gasteiger partial charge in [0, 0.05) is 17.5 Å². The highest BCUT2D eigenvalue weighted by atomic mass is 32.1. The maximum absolute atomic E-state index is 12.4. The minimum atomic E-state index is -0.402. The van der Waals surface area contributed by atoms with Crippen LogP contribution in [0.4, 0.5) is 0 Å². The Labute approximate surface area is 217 Å². The predicted molar refractivity (Wildman–Crippen MR) is 144 cm³/mol. The largest absolute Gasteiger partial charge is 0.494 e. The zero-order valence-electron chi connectivity index (χ0n) is 20.5. The average molecular weight is 506 g/mol. The van der Waals surface area contributed by atoms with Gasteiger partial charge in [-0.25, -0.2) is 0 Å². The Bertz CT molecular complexity index is 1130. The third kappa shape index (κ3) is 9.03. The molecule has 7 nitrogen and oxygen atoms in total. The van der Waals surface area contributed by atoms with Crippen molar-refractivity contribution in [3.63, 3.8) is 0 Å². The van der Waals surface area contributed by atoms with Crippen LogP contribution in [0, 0.1) is 5.92 Å². The Morgan fingerprint density at radius 1 is 0.750 bits per heavy atom.